The quantitative estimate of drug-likeness (QED) is 0.431. The van der Waals surface area contributed by atoms with Gasteiger partial charge in [0.1, 0.15) is 0 Å². The minimum atomic E-state index is -2.39. The maximum atomic E-state index is 3.93. The van der Waals surface area contributed by atoms with Crippen LogP contribution in [-0.4, -0.2) is 21.8 Å². The molecule has 25 heavy (non-hydrogen) atoms. The molecule has 0 bridgehead atoms. The SMILES string of the molecule is C=Cc1ccc[c]([Bi]([c]2cccc(C=C)c2)[c]2cccc(C=C)c2)c1. The van der Waals surface area contributed by atoms with Crippen molar-refractivity contribution < 1.29 is 0 Å². The second-order valence-corrected chi connectivity index (χ2v) is 14.4. The van der Waals surface area contributed by atoms with E-state index in [-0.39, 0.29) is 0 Å². The molecule has 0 spiro atoms. The van der Waals surface area contributed by atoms with Crippen molar-refractivity contribution >= 4 is 49.8 Å². The Morgan fingerprint density at radius 1 is 0.520 bits per heavy atom. The van der Waals surface area contributed by atoms with Crippen molar-refractivity contribution in [2.75, 3.05) is 0 Å². The zero-order valence-electron chi connectivity index (χ0n) is 14.2. The van der Waals surface area contributed by atoms with E-state index in [1.807, 2.05) is 18.2 Å². The summed E-state index contributed by atoms with van der Waals surface area (Å²) in [5, 5.41) is 0. The third kappa shape index (κ3) is 4.06. The Hall–Kier alpha value is -2.24. The maximum absolute atomic E-state index is 3.93. The molecule has 0 heterocycles. The molecule has 0 nitrogen and oxygen atoms in total. The Labute approximate surface area is 158 Å². The average molecular weight is 518 g/mol. The molecule has 0 saturated heterocycles. The summed E-state index contributed by atoms with van der Waals surface area (Å²) in [4.78, 5) is 0. The third-order valence-corrected chi connectivity index (χ3v) is 13.4. The molecule has 3 rings (SSSR count). The summed E-state index contributed by atoms with van der Waals surface area (Å²) in [5.74, 6) is 0. The third-order valence-electron chi connectivity index (χ3n) is 4.09. The van der Waals surface area contributed by atoms with Crippen LogP contribution in [0, 0.1) is 0 Å². The number of hydrogen-bond acceptors (Lipinski definition) is 0. The second-order valence-electron chi connectivity index (χ2n) is 5.73. The molecule has 3 aromatic rings. The predicted molar refractivity (Wildman–Crippen MR) is 114 cm³/mol. The van der Waals surface area contributed by atoms with Crippen LogP contribution in [0.3, 0.4) is 0 Å². The minimum absolute atomic E-state index is 1.18. The van der Waals surface area contributed by atoms with Crippen molar-refractivity contribution in [3.05, 3.63) is 109 Å². The molecule has 0 N–H and O–H groups in total. The van der Waals surface area contributed by atoms with E-state index in [4.69, 9.17) is 0 Å². The van der Waals surface area contributed by atoms with Gasteiger partial charge in [-0.15, -0.1) is 0 Å². The van der Waals surface area contributed by atoms with Gasteiger partial charge in [-0.25, -0.2) is 0 Å². The molecular formula is C24H21Bi. The normalized spacial score (nSPS) is 10.4. The summed E-state index contributed by atoms with van der Waals surface area (Å²) in [6, 6.07) is 26.5. The summed E-state index contributed by atoms with van der Waals surface area (Å²) >= 11 is -2.39. The molecule has 0 atom stereocenters. The van der Waals surface area contributed by atoms with Crippen LogP contribution < -0.4 is 9.81 Å². The second kappa shape index (κ2) is 8.23. The molecule has 0 amide bonds. The summed E-state index contributed by atoms with van der Waals surface area (Å²) in [7, 11) is 0. The summed E-state index contributed by atoms with van der Waals surface area (Å²) < 4.78 is 4.36. The molecule has 0 radical (unpaired) electrons. The van der Waals surface area contributed by atoms with Gasteiger partial charge in [0.15, 0.2) is 0 Å². The van der Waals surface area contributed by atoms with Gasteiger partial charge >= 0.3 is 159 Å². The van der Waals surface area contributed by atoms with Gasteiger partial charge in [0, 0.05) is 0 Å². The first-order chi connectivity index (χ1) is 12.2. The molecule has 0 aromatic heterocycles. The fourth-order valence-electron chi connectivity index (χ4n) is 2.82. The van der Waals surface area contributed by atoms with Gasteiger partial charge in [-0.3, -0.25) is 0 Å². The number of hydrogen-bond donors (Lipinski definition) is 0. The van der Waals surface area contributed by atoms with Crippen molar-refractivity contribution in [1.29, 1.82) is 0 Å². The Morgan fingerprint density at radius 2 is 0.840 bits per heavy atom. The molecule has 0 unspecified atom stereocenters. The van der Waals surface area contributed by atoms with E-state index in [2.05, 4.69) is 92.5 Å². The van der Waals surface area contributed by atoms with Crippen molar-refractivity contribution in [2.24, 2.45) is 0 Å². The molecular weight excluding hydrogens is 497 g/mol. The molecule has 3 aromatic carbocycles. The van der Waals surface area contributed by atoms with Gasteiger partial charge in [-0.05, 0) is 0 Å². The van der Waals surface area contributed by atoms with E-state index in [9.17, 15) is 0 Å². The van der Waals surface area contributed by atoms with E-state index in [0.29, 0.717) is 0 Å². The van der Waals surface area contributed by atoms with E-state index in [1.165, 1.54) is 26.5 Å². The molecule has 0 aliphatic carbocycles. The van der Waals surface area contributed by atoms with Crippen LogP contribution in [0.1, 0.15) is 16.7 Å². The Kier molecular flexibility index (Phi) is 5.79. The Balaban J connectivity index is 2.20. The van der Waals surface area contributed by atoms with E-state index in [0.717, 1.165) is 0 Å². The number of rotatable bonds is 6. The molecule has 0 fully saturated rings. The molecule has 0 aliphatic rings. The number of benzene rings is 3. The molecule has 0 aliphatic heterocycles. The van der Waals surface area contributed by atoms with Gasteiger partial charge in [0.2, 0.25) is 0 Å². The van der Waals surface area contributed by atoms with Crippen LogP contribution in [0.4, 0.5) is 0 Å². The first-order valence-corrected chi connectivity index (χ1v) is 13.4. The van der Waals surface area contributed by atoms with Gasteiger partial charge < -0.3 is 0 Å². The predicted octanol–water partition coefficient (Wildman–Crippen LogP) is 4.13. The molecule has 0 saturated carbocycles. The van der Waals surface area contributed by atoms with Crippen LogP contribution in [0.25, 0.3) is 18.2 Å². The Morgan fingerprint density at radius 3 is 1.12 bits per heavy atom. The van der Waals surface area contributed by atoms with Gasteiger partial charge in [-0.1, -0.05) is 0 Å². The van der Waals surface area contributed by atoms with Crippen molar-refractivity contribution in [2.45, 2.75) is 0 Å². The topological polar surface area (TPSA) is 0 Å². The zero-order valence-corrected chi connectivity index (χ0v) is 17.7. The monoisotopic (exact) mass is 518 g/mol. The molecule has 1 heteroatoms. The van der Waals surface area contributed by atoms with Crippen molar-refractivity contribution in [1.82, 2.24) is 0 Å². The van der Waals surface area contributed by atoms with Crippen LogP contribution in [0.15, 0.2) is 92.5 Å². The summed E-state index contributed by atoms with van der Waals surface area (Å²) in [6.45, 7) is 11.8. The van der Waals surface area contributed by atoms with Gasteiger partial charge in [-0.2, -0.15) is 0 Å². The van der Waals surface area contributed by atoms with Gasteiger partial charge in [0.25, 0.3) is 0 Å². The Bertz CT molecular complexity index is 798. The van der Waals surface area contributed by atoms with E-state index < -0.39 is 21.8 Å². The summed E-state index contributed by atoms with van der Waals surface area (Å²) in [6.07, 6.45) is 5.77. The standard InChI is InChI=1S/3C8H7.Bi/c3*1-2-8-6-4-3-5-7-8;/h3*2-4,6-7H,1H2;. The van der Waals surface area contributed by atoms with E-state index >= 15 is 0 Å². The van der Waals surface area contributed by atoms with Crippen molar-refractivity contribution in [3.8, 4) is 0 Å². The summed E-state index contributed by atoms with van der Waals surface area (Å²) in [5.41, 5.74) is 3.53. The first kappa shape index (κ1) is 17.6. The zero-order chi connectivity index (χ0) is 17.6. The van der Waals surface area contributed by atoms with Crippen LogP contribution in [-0.2, 0) is 0 Å². The van der Waals surface area contributed by atoms with Crippen LogP contribution in [0.2, 0.25) is 0 Å². The van der Waals surface area contributed by atoms with Gasteiger partial charge in [0.05, 0.1) is 0 Å². The van der Waals surface area contributed by atoms with E-state index in [1.54, 1.807) is 0 Å². The fourth-order valence-corrected chi connectivity index (χ4v) is 12.3. The van der Waals surface area contributed by atoms with Crippen LogP contribution in [0.5, 0.6) is 0 Å². The first-order valence-electron chi connectivity index (χ1n) is 8.23. The average Bonchev–Trinajstić information content (AvgIpc) is 2.68. The fraction of sp³-hybridized carbons (Fsp3) is 0. The molecule has 122 valence electrons. The van der Waals surface area contributed by atoms with Crippen molar-refractivity contribution in [3.63, 3.8) is 0 Å². The van der Waals surface area contributed by atoms with Crippen LogP contribution >= 0.6 is 0 Å².